The van der Waals surface area contributed by atoms with E-state index in [1.165, 1.54) is 0 Å². The summed E-state index contributed by atoms with van der Waals surface area (Å²) < 4.78 is 0. The smallest absolute Gasteiger partial charge is 0.311 e. The van der Waals surface area contributed by atoms with Crippen LogP contribution in [0.15, 0.2) is 78.9 Å². The van der Waals surface area contributed by atoms with Gasteiger partial charge >= 0.3 is 5.97 Å². The number of rotatable bonds is 6. The van der Waals surface area contributed by atoms with Gasteiger partial charge in [0.1, 0.15) is 5.82 Å². The van der Waals surface area contributed by atoms with Crippen molar-refractivity contribution in [2.24, 2.45) is 0 Å². The van der Waals surface area contributed by atoms with Crippen LogP contribution in [0, 0.1) is 0 Å². The minimum Gasteiger partial charge on any atom is -0.481 e. The van der Waals surface area contributed by atoms with Gasteiger partial charge < -0.3 is 10.8 Å². The van der Waals surface area contributed by atoms with E-state index in [1.54, 1.807) is 18.2 Å². The number of hydrogen-bond donors (Lipinski definition) is 2. The molecule has 0 bridgehead atoms. The van der Waals surface area contributed by atoms with Crippen LogP contribution < -0.4 is 5.73 Å². The fourth-order valence-electron chi connectivity index (χ4n) is 3.61. The molecule has 0 aliphatic rings. The summed E-state index contributed by atoms with van der Waals surface area (Å²) in [6.07, 6.45) is 0.0317. The first-order valence-electron chi connectivity index (χ1n) is 9.89. The molecule has 4 aromatic rings. The van der Waals surface area contributed by atoms with Gasteiger partial charge in [0.25, 0.3) is 0 Å². The standard InChI is InChI=1S/C25H19Cl2N3O2/c26-19-12-7-13-20(27)21(19)17(25(31)32)14-18-22(15-8-3-1-4-9-15)29-24(30-23(18)28)16-10-5-2-6-11-16/h1-13,17H,14H2,(H,31,32)(H2,28,29,30). The molecule has 1 unspecified atom stereocenters. The molecule has 32 heavy (non-hydrogen) atoms. The minimum atomic E-state index is -1.06. The molecule has 1 atom stereocenters. The number of carboxylic acid groups (broad SMARTS) is 1. The Morgan fingerprint density at radius 1 is 0.844 bits per heavy atom. The van der Waals surface area contributed by atoms with Gasteiger partial charge in [-0.2, -0.15) is 0 Å². The van der Waals surface area contributed by atoms with Gasteiger partial charge in [-0.15, -0.1) is 0 Å². The Labute approximate surface area is 195 Å². The van der Waals surface area contributed by atoms with Gasteiger partial charge in [-0.25, -0.2) is 9.97 Å². The van der Waals surface area contributed by atoms with Gasteiger partial charge in [0.15, 0.2) is 5.82 Å². The third-order valence-corrected chi connectivity index (χ3v) is 5.83. The Kier molecular flexibility index (Phi) is 6.40. The highest BCUT2D eigenvalue weighted by Gasteiger charge is 2.28. The van der Waals surface area contributed by atoms with E-state index in [0.29, 0.717) is 22.6 Å². The lowest BCUT2D eigenvalue weighted by Crippen LogP contribution is -2.18. The summed E-state index contributed by atoms with van der Waals surface area (Å²) in [4.78, 5) is 21.5. The summed E-state index contributed by atoms with van der Waals surface area (Å²) in [5, 5.41) is 10.6. The zero-order chi connectivity index (χ0) is 22.7. The van der Waals surface area contributed by atoms with Crippen molar-refractivity contribution in [1.29, 1.82) is 0 Å². The summed E-state index contributed by atoms with van der Waals surface area (Å²) >= 11 is 12.7. The van der Waals surface area contributed by atoms with Crippen molar-refractivity contribution in [3.63, 3.8) is 0 Å². The molecule has 0 aliphatic carbocycles. The molecule has 5 nitrogen and oxygen atoms in total. The maximum atomic E-state index is 12.3. The molecule has 0 radical (unpaired) electrons. The Morgan fingerprint density at radius 3 is 1.97 bits per heavy atom. The second-order valence-electron chi connectivity index (χ2n) is 7.22. The third-order valence-electron chi connectivity index (χ3n) is 5.17. The predicted molar refractivity (Wildman–Crippen MR) is 128 cm³/mol. The monoisotopic (exact) mass is 463 g/mol. The Bertz CT molecular complexity index is 1240. The van der Waals surface area contributed by atoms with Crippen LogP contribution in [-0.2, 0) is 11.2 Å². The molecule has 3 aromatic carbocycles. The van der Waals surface area contributed by atoms with Crippen LogP contribution in [0.4, 0.5) is 5.82 Å². The number of anilines is 1. The maximum Gasteiger partial charge on any atom is 0.311 e. The highest BCUT2D eigenvalue weighted by Crippen LogP contribution is 2.37. The Morgan fingerprint density at radius 2 is 1.41 bits per heavy atom. The van der Waals surface area contributed by atoms with E-state index in [9.17, 15) is 9.90 Å². The fraction of sp³-hybridized carbons (Fsp3) is 0.0800. The van der Waals surface area contributed by atoms with E-state index in [1.807, 2.05) is 60.7 Å². The van der Waals surface area contributed by atoms with E-state index < -0.39 is 11.9 Å². The van der Waals surface area contributed by atoms with E-state index in [2.05, 4.69) is 4.98 Å². The largest absolute Gasteiger partial charge is 0.481 e. The van der Waals surface area contributed by atoms with Crippen molar-refractivity contribution in [3.05, 3.63) is 100 Å². The topological polar surface area (TPSA) is 89.1 Å². The second-order valence-corrected chi connectivity index (χ2v) is 8.04. The fourth-order valence-corrected chi connectivity index (χ4v) is 4.28. The van der Waals surface area contributed by atoms with E-state index in [4.69, 9.17) is 33.9 Å². The van der Waals surface area contributed by atoms with Crippen molar-refractivity contribution >= 4 is 35.0 Å². The van der Waals surface area contributed by atoms with Crippen LogP contribution in [0.5, 0.6) is 0 Å². The molecular weight excluding hydrogens is 445 g/mol. The number of aromatic nitrogens is 2. The number of carboxylic acids is 1. The van der Waals surface area contributed by atoms with Crippen LogP contribution in [0.25, 0.3) is 22.6 Å². The predicted octanol–water partition coefficient (Wildman–Crippen LogP) is 6.11. The van der Waals surface area contributed by atoms with E-state index in [0.717, 1.165) is 11.1 Å². The number of halogens is 2. The van der Waals surface area contributed by atoms with Crippen LogP contribution >= 0.6 is 23.2 Å². The molecule has 0 spiro atoms. The molecule has 3 N–H and O–H groups in total. The van der Waals surface area contributed by atoms with Crippen LogP contribution in [0.3, 0.4) is 0 Å². The van der Waals surface area contributed by atoms with Crippen LogP contribution in [0.1, 0.15) is 17.0 Å². The highest BCUT2D eigenvalue weighted by molar-refractivity contribution is 6.36. The number of nitrogens with zero attached hydrogens (tertiary/aromatic N) is 2. The summed E-state index contributed by atoms with van der Waals surface area (Å²) in [7, 11) is 0. The molecule has 0 saturated heterocycles. The molecule has 160 valence electrons. The van der Waals surface area contributed by atoms with Gasteiger partial charge in [-0.3, -0.25) is 4.79 Å². The lowest BCUT2D eigenvalue weighted by molar-refractivity contribution is -0.138. The van der Waals surface area contributed by atoms with Gasteiger partial charge in [-0.05, 0) is 18.6 Å². The van der Waals surface area contributed by atoms with Crippen molar-refractivity contribution in [3.8, 4) is 22.6 Å². The molecule has 0 saturated carbocycles. The number of aliphatic carboxylic acids is 1. The Hall–Kier alpha value is -3.41. The van der Waals surface area contributed by atoms with Crippen molar-refractivity contribution < 1.29 is 9.90 Å². The molecule has 7 heteroatoms. The number of benzene rings is 3. The quantitative estimate of drug-likeness (QED) is 0.359. The molecule has 0 fully saturated rings. The summed E-state index contributed by atoms with van der Waals surface area (Å²) in [6, 6.07) is 23.9. The molecule has 0 aliphatic heterocycles. The Balaban J connectivity index is 1.88. The first-order valence-corrected chi connectivity index (χ1v) is 10.6. The van der Waals surface area contributed by atoms with Crippen LogP contribution in [-0.4, -0.2) is 21.0 Å². The number of hydrogen-bond acceptors (Lipinski definition) is 4. The zero-order valence-electron chi connectivity index (χ0n) is 16.9. The van der Waals surface area contributed by atoms with Gasteiger partial charge in [0.05, 0.1) is 11.6 Å². The van der Waals surface area contributed by atoms with E-state index >= 15 is 0 Å². The first kappa shape index (κ1) is 21.8. The first-order chi connectivity index (χ1) is 15.5. The summed E-state index contributed by atoms with van der Waals surface area (Å²) in [6.45, 7) is 0. The normalized spacial score (nSPS) is 11.8. The lowest BCUT2D eigenvalue weighted by Gasteiger charge is -2.19. The van der Waals surface area contributed by atoms with Gasteiger partial charge in [0.2, 0.25) is 0 Å². The SMILES string of the molecule is Nc1nc(-c2ccccc2)nc(-c2ccccc2)c1CC(C(=O)O)c1c(Cl)cccc1Cl. The number of nitrogen functional groups attached to an aromatic ring is 1. The average Bonchev–Trinajstić information content (AvgIpc) is 2.80. The minimum absolute atomic E-state index is 0.0317. The lowest BCUT2D eigenvalue weighted by atomic mass is 9.90. The average molecular weight is 464 g/mol. The molecular formula is C25H19Cl2N3O2. The van der Waals surface area contributed by atoms with Crippen LogP contribution in [0.2, 0.25) is 10.0 Å². The van der Waals surface area contributed by atoms with Gasteiger partial charge in [-0.1, -0.05) is 89.9 Å². The summed E-state index contributed by atoms with van der Waals surface area (Å²) in [5.74, 6) is -1.40. The highest BCUT2D eigenvalue weighted by atomic mass is 35.5. The van der Waals surface area contributed by atoms with E-state index in [-0.39, 0.29) is 22.3 Å². The number of carbonyl (C=O) groups is 1. The molecule has 1 aromatic heterocycles. The van der Waals surface area contributed by atoms with Gasteiger partial charge in [0, 0.05) is 32.3 Å². The third kappa shape index (κ3) is 4.44. The van der Waals surface area contributed by atoms with Crippen molar-refractivity contribution in [1.82, 2.24) is 9.97 Å². The molecule has 1 heterocycles. The summed E-state index contributed by atoms with van der Waals surface area (Å²) in [5.41, 5.74) is 9.45. The second kappa shape index (κ2) is 9.39. The van der Waals surface area contributed by atoms with Crippen molar-refractivity contribution in [2.45, 2.75) is 12.3 Å². The zero-order valence-corrected chi connectivity index (χ0v) is 18.4. The molecule has 0 amide bonds. The van der Waals surface area contributed by atoms with Crippen molar-refractivity contribution in [2.75, 3.05) is 5.73 Å². The molecule has 4 rings (SSSR count). The maximum absolute atomic E-state index is 12.3. The number of nitrogens with two attached hydrogens (primary N) is 1.